The molecule has 0 spiro atoms. The molecule has 2 N–H and O–H groups in total. The Hall–Kier alpha value is -4.33. The number of aryl methyl sites for hydroxylation is 1. The highest BCUT2D eigenvalue weighted by Crippen LogP contribution is 2.34. The maximum absolute atomic E-state index is 13.4. The van der Waals surface area contributed by atoms with E-state index in [1.165, 1.54) is 12.1 Å². The Bertz CT molecular complexity index is 1610. The van der Waals surface area contributed by atoms with Gasteiger partial charge in [0.15, 0.2) is 5.65 Å². The maximum Gasteiger partial charge on any atom is 0.155 e. The number of pyridine rings is 2. The molecule has 0 unspecified atom stereocenters. The van der Waals surface area contributed by atoms with E-state index in [1.807, 2.05) is 43.1 Å². The minimum atomic E-state index is -0.260. The molecule has 1 aromatic carbocycles. The van der Waals surface area contributed by atoms with E-state index in [2.05, 4.69) is 36.2 Å². The number of nitrogens with zero attached hydrogens (tertiary/aromatic N) is 5. The average molecular weight is 423 g/mol. The van der Waals surface area contributed by atoms with E-state index in [9.17, 15) is 4.39 Å². The van der Waals surface area contributed by atoms with Crippen LogP contribution in [0.1, 0.15) is 5.82 Å². The van der Waals surface area contributed by atoms with Gasteiger partial charge in [0, 0.05) is 35.8 Å². The van der Waals surface area contributed by atoms with E-state index in [-0.39, 0.29) is 5.82 Å². The number of hydrogen-bond acceptors (Lipinski definition) is 4. The second-order valence-electron chi connectivity index (χ2n) is 7.75. The van der Waals surface area contributed by atoms with Crippen molar-refractivity contribution in [2.24, 2.45) is 7.05 Å². The first kappa shape index (κ1) is 18.4. The van der Waals surface area contributed by atoms with Crippen molar-refractivity contribution in [3.05, 3.63) is 72.7 Å². The summed E-state index contributed by atoms with van der Waals surface area (Å²) in [7, 11) is 1.98. The number of benzene rings is 1. The van der Waals surface area contributed by atoms with Crippen LogP contribution in [0.3, 0.4) is 0 Å². The van der Waals surface area contributed by atoms with Gasteiger partial charge in [-0.3, -0.25) is 5.10 Å². The van der Waals surface area contributed by atoms with Crippen molar-refractivity contribution in [3.63, 3.8) is 0 Å². The number of rotatable bonds is 3. The van der Waals surface area contributed by atoms with Crippen LogP contribution in [0.2, 0.25) is 0 Å². The minimum absolute atomic E-state index is 0.260. The molecule has 0 saturated heterocycles. The molecule has 0 aliphatic carbocycles. The Balaban J connectivity index is 1.51. The summed E-state index contributed by atoms with van der Waals surface area (Å²) in [5, 5.41) is 9.38. The molecule has 8 heteroatoms. The van der Waals surface area contributed by atoms with Gasteiger partial charge in [-0.15, -0.1) is 0 Å². The first-order valence-corrected chi connectivity index (χ1v) is 10.2. The van der Waals surface area contributed by atoms with Crippen molar-refractivity contribution < 1.29 is 4.39 Å². The Morgan fingerprint density at radius 2 is 1.72 bits per heavy atom. The number of H-pyrrole nitrogens is 2. The predicted molar refractivity (Wildman–Crippen MR) is 121 cm³/mol. The van der Waals surface area contributed by atoms with Crippen LogP contribution in [0.5, 0.6) is 0 Å². The Labute approximate surface area is 182 Å². The summed E-state index contributed by atoms with van der Waals surface area (Å²) in [4.78, 5) is 16.8. The molecule has 0 bridgehead atoms. The van der Waals surface area contributed by atoms with Crippen molar-refractivity contribution in [2.75, 3.05) is 0 Å². The van der Waals surface area contributed by atoms with Gasteiger partial charge in [0.2, 0.25) is 0 Å². The predicted octanol–water partition coefficient (Wildman–Crippen LogP) is 5.02. The van der Waals surface area contributed by atoms with Crippen LogP contribution < -0.4 is 0 Å². The molecular weight excluding hydrogens is 405 g/mol. The van der Waals surface area contributed by atoms with E-state index < -0.39 is 0 Å². The van der Waals surface area contributed by atoms with Crippen LogP contribution in [0, 0.1) is 12.7 Å². The highest BCUT2D eigenvalue weighted by molar-refractivity contribution is 5.99. The lowest BCUT2D eigenvalue weighted by atomic mass is 10.0. The second kappa shape index (κ2) is 6.84. The molecule has 6 rings (SSSR count). The molecule has 5 aromatic heterocycles. The summed E-state index contributed by atoms with van der Waals surface area (Å²) in [6.45, 7) is 1.97. The lowest BCUT2D eigenvalue weighted by molar-refractivity contribution is 0.628. The monoisotopic (exact) mass is 423 g/mol. The first-order chi connectivity index (χ1) is 15.6. The first-order valence-electron chi connectivity index (χ1n) is 10.2. The van der Waals surface area contributed by atoms with Gasteiger partial charge < -0.3 is 9.55 Å². The average Bonchev–Trinajstić information content (AvgIpc) is 3.50. The summed E-state index contributed by atoms with van der Waals surface area (Å²) in [6, 6.07) is 12.5. The summed E-state index contributed by atoms with van der Waals surface area (Å²) in [6.07, 6.45) is 5.41. The highest BCUT2D eigenvalue weighted by Gasteiger charge is 2.16. The molecule has 0 fully saturated rings. The van der Waals surface area contributed by atoms with Crippen LogP contribution in [0.4, 0.5) is 4.39 Å². The number of imidazole rings is 1. The van der Waals surface area contributed by atoms with Gasteiger partial charge in [0.05, 0.1) is 17.6 Å². The largest absolute Gasteiger partial charge is 0.338 e. The molecule has 0 saturated carbocycles. The van der Waals surface area contributed by atoms with Crippen LogP contribution in [0.15, 0.2) is 61.1 Å². The van der Waals surface area contributed by atoms with Crippen molar-refractivity contribution in [3.8, 4) is 33.8 Å². The SMILES string of the molecule is Cc1ncc(-c2cnc3[nH]nc(-c4cc5c(-c6ccc(F)cc6)ccnc5[nH]4)c3c2)n1C. The van der Waals surface area contributed by atoms with E-state index in [1.54, 1.807) is 18.3 Å². The highest BCUT2D eigenvalue weighted by atomic mass is 19.1. The van der Waals surface area contributed by atoms with Gasteiger partial charge >= 0.3 is 0 Å². The standard InChI is InChI=1S/C24H18FN7/c1-13-27-12-21(32(13)2)15-9-19-22(30-31-24(19)28-11-15)20-10-18-17(7-8-26-23(18)29-20)14-3-5-16(25)6-4-14/h3-12H,1-2H3,(H,26,29)(H,28,30,31). The zero-order chi connectivity index (χ0) is 21.8. The topological polar surface area (TPSA) is 88.1 Å². The number of aromatic nitrogens is 7. The quantitative estimate of drug-likeness (QED) is 0.419. The Morgan fingerprint density at radius 1 is 0.875 bits per heavy atom. The van der Waals surface area contributed by atoms with E-state index >= 15 is 0 Å². The number of fused-ring (bicyclic) bond motifs is 2. The van der Waals surface area contributed by atoms with E-state index in [0.29, 0.717) is 5.65 Å². The summed E-state index contributed by atoms with van der Waals surface area (Å²) in [5.74, 6) is 0.672. The van der Waals surface area contributed by atoms with Crippen molar-refractivity contribution in [2.45, 2.75) is 6.92 Å². The Morgan fingerprint density at radius 3 is 2.50 bits per heavy atom. The van der Waals surface area contributed by atoms with Gasteiger partial charge in [-0.2, -0.15) is 5.10 Å². The number of nitrogens with one attached hydrogen (secondary N) is 2. The van der Waals surface area contributed by atoms with Crippen molar-refractivity contribution in [1.29, 1.82) is 0 Å². The van der Waals surface area contributed by atoms with E-state index in [0.717, 1.165) is 56.0 Å². The molecule has 6 aromatic rings. The molecular formula is C24H18FN7. The third-order valence-corrected chi connectivity index (χ3v) is 5.87. The lowest BCUT2D eigenvalue weighted by Gasteiger charge is -2.04. The molecule has 0 amide bonds. The molecule has 32 heavy (non-hydrogen) atoms. The Kier molecular flexibility index (Phi) is 3.94. The zero-order valence-electron chi connectivity index (χ0n) is 17.4. The van der Waals surface area contributed by atoms with Crippen LogP contribution in [-0.2, 0) is 7.05 Å². The number of halogens is 1. The van der Waals surface area contributed by atoms with Crippen molar-refractivity contribution in [1.82, 2.24) is 34.7 Å². The molecule has 0 aliphatic rings. The molecule has 156 valence electrons. The van der Waals surface area contributed by atoms with Gasteiger partial charge in [0.25, 0.3) is 0 Å². The van der Waals surface area contributed by atoms with Crippen LogP contribution >= 0.6 is 0 Å². The zero-order valence-corrected chi connectivity index (χ0v) is 17.4. The van der Waals surface area contributed by atoms with Crippen molar-refractivity contribution >= 4 is 22.1 Å². The number of hydrogen-bond donors (Lipinski definition) is 2. The number of aromatic amines is 2. The van der Waals surface area contributed by atoms with Crippen LogP contribution in [0.25, 0.3) is 55.8 Å². The molecule has 0 aliphatic heterocycles. The fourth-order valence-electron chi connectivity index (χ4n) is 4.05. The third-order valence-electron chi connectivity index (χ3n) is 5.87. The molecule has 7 nitrogen and oxygen atoms in total. The normalized spacial score (nSPS) is 11.6. The van der Waals surface area contributed by atoms with E-state index in [4.69, 9.17) is 0 Å². The fraction of sp³-hybridized carbons (Fsp3) is 0.0833. The van der Waals surface area contributed by atoms with Gasteiger partial charge in [-0.05, 0) is 48.4 Å². The third kappa shape index (κ3) is 2.80. The van der Waals surface area contributed by atoms with Crippen LogP contribution in [-0.4, -0.2) is 34.7 Å². The summed E-state index contributed by atoms with van der Waals surface area (Å²) >= 11 is 0. The van der Waals surface area contributed by atoms with Gasteiger partial charge in [-0.25, -0.2) is 19.3 Å². The van der Waals surface area contributed by atoms with Gasteiger partial charge in [0.1, 0.15) is 23.0 Å². The maximum atomic E-state index is 13.4. The van der Waals surface area contributed by atoms with Gasteiger partial charge in [-0.1, -0.05) is 12.1 Å². The lowest BCUT2D eigenvalue weighted by Crippen LogP contribution is -1.94. The molecule has 5 heterocycles. The molecule has 0 radical (unpaired) electrons. The second-order valence-corrected chi connectivity index (χ2v) is 7.75. The summed E-state index contributed by atoms with van der Waals surface area (Å²) < 4.78 is 15.4. The molecule has 0 atom stereocenters. The minimum Gasteiger partial charge on any atom is -0.338 e. The summed E-state index contributed by atoms with van der Waals surface area (Å²) in [5.41, 5.74) is 6.88. The fourth-order valence-corrected chi connectivity index (χ4v) is 4.05. The smallest absolute Gasteiger partial charge is 0.155 e.